The fourth-order valence-electron chi connectivity index (χ4n) is 2.59. The first-order chi connectivity index (χ1) is 10.0. The molecule has 0 radical (unpaired) electrons. The van der Waals surface area contributed by atoms with Gasteiger partial charge < -0.3 is 16.0 Å². The Balaban J connectivity index is 2.07. The summed E-state index contributed by atoms with van der Waals surface area (Å²) < 4.78 is 0. The predicted molar refractivity (Wildman–Crippen MR) is 83.3 cm³/mol. The van der Waals surface area contributed by atoms with Crippen molar-refractivity contribution in [2.45, 2.75) is 20.8 Å². The average molecular weight is 289 g/mol. The van der Waals surface area contributed by atoms with Gasteiger partial charge in [0, 0.05) is 24.3 Å². The molecule has 1 heterocycles. The van der Waals surface area contributed by atoms with Gasteiger partial charge in [0.15, 0.2) is 0 Å². The minimum atomic E-state index is -0.0907. The number of carbonyl (C=O) groups is 2. The lowest BCUT2D eigenvalue weighted by atomic mass is 9.97. The number of hydrogen-bond donors (Lipinski definition) is 3. The van der Waals surface area contributed by atoms with Crippen molar-refractivity contribution < 1.29 is 9.59 Å². The van der Waals surface area contributed by atoms with Crippen LogP contribution in [0.2, 0.25) is 0 Å². The Morgan fingerprint density at radius 2 is 2.10 bits per heavy atom. The monoisotopic (exact) mass is 289 g/mol. The first-order valence-electron chi connectivity index (χ1n) is 7.43. The molecule has 2 amide bonds. The fourth-order valence-corrected chi connectivity index (χ4v) is 2.59. The molecule has 0 unspecified atom stereocenters. The van der Waals surface area contributed by atoms with E-state index < -0.39 is 0 Å². The lowest BCUT2D eigenvalue weighted by molar-refractivity contribution is -0.120. The molecule has 3 N–H and O–H groups in total. The van der Waals surface area contributed by atoms with Gasteiger partial charge in [-0.05, 0) is 50.1 Å². The summed E-state index contributed by atoms with van der Waals surface area (Å²) >= 11 is 0. The summed E-state index contributed by atoms with van der Waals surface area (Å²) in [4.78, 5) is 24.0. The van der Waals surface area contributed by atoms with Crippen molar-refractivity contribution >= 4 is 17.5 Å². The highest BCUT2D eigenvalue weighted by Crippen LogP contribution is 2.21. The third kappa shape index (κ3) is 3.61. The molecule has 21 heavy (non-hydrogen) atoms. The van der Waals surface area contributed by atoms with Crippen LogP contribution in [-0.2, 0) is 4.79 Å². The second-order valence-electron chi connectivity index (χ2n) is 5.62. The van der Waals surface area contributed by atoms with Crippen LogP contribution in [0.4, 0.5) is 5.69 Å². The second kappa shape index (κ2) is 6.72. The van der Waals surface area contributed by atoms with Gasteiger partial charge in [-0.15, -0.1) is 0 Å². The zero-order valence-corrected chi connectivity index (χ0v) is 12.8. The van der Waals surface area contributed by atoms with Gasteiger partial charge in [0.05, 0.1) is 5.92 Å². The van der Waals surface area contributed by atoms with Crippen molar-refractivity contribution in [3.63, 3.8) is 0 Å². The molecule has 2 atom stereocenters. The van der Waals surface area contributed by atoms with Crippen LogP contribution in [0.5, 0.6) is 0 Å². The van der Waals surface area contributed by atoms with Gasteiger partial charge in [-0.3, -0.25) is 9.59 Å². The summed E-state index contributed by atoms with van der Waals surface area (Å²) in [7, 11) is 0. The zero-order chi connectivity index (χ0) is 15.4. The van der Waals surface area contributed by atoms with Crippen molar-refractivity contribution in [3.8, 4) is 0 Å². The van der Waals surface area contributed by atoms with Crippen LogP contribution in [0.15, 0.2) is 18.2 Å². The third-order valence-corrected chi connectivity index (χ3v) is 3.94. The van der Waals surface area contributed by atoms with Crippen LogP contribution in [0.25, 0.3) is 0 Å². The van der Waals surface area contributed by atoms with Gasteiger partial charge in [-0.2, -0.15) is 0 Å². The highest BCUT2D eigenvalue weighted by molar-refractivity contribution is 5.97. The highest BCUT2D eigenvalue weighted by Gasteiger charge is 2.29. The molecule has 114 valence electrons. The van der Waals surface area contributed by atoms with E-state index in [1.54, 1.807) is 18.2 Å². The Labute approximate surface area is 125 Å². The van der Waals surface area contributed by atoms with Crippen LogP contribution >= 0.6 is 0 Å². The summed E-state index contributed by atoms with van der Waals surface area (Å²) in [6.45, 7) is 8.07. The number of nitrogens with one attached hydrogen (secondary N) is 3. The minimum Gasteiger partial charge on any atom is -0.352 e. The number of aryl methyl sites for hydroxylation is 1. The van der Waals surface area contributed by atoms with Crippen LogP contribution in [0.1, 0.15) is 29.8 Å². The molecule has 1 saturated heterocycles. The fraction of sp³-hybridized carbons (Fsp3) is 0.500. The molecule has 1 aliphatic rings. The van der Waals surface area contributed by atoms with E-state index in [4.69, 9.17) is 0 Å². The Hall–Kier alpha value is -1.88. The summed E-state index contributed by atoms with van der Waals surface area (Å²) in [5, 5.41) is 8.96. The van der Waals surface area contributed by atoms with Crippen molar-refractivity contribution in [1.29, 1.82) is 0 Å². The number of hydrogen-bond acceptors (Lipinski definition) is 3. The van der Waals surface area contributed by atoms with Gasteiger partial charge in [-0.25, -0.2) is 0 Å². The van der Waals surface area contributed by atoms with Gasteiger partial charge in [0.2, 0.25) is 5.91 Å². The maximum absolute atomic E-state index is 12.3. The van der Waals surface area contributed by atoms with E-state index in [-0.39, 0.29) is 17.7 Å². The third-order valence-electron chi connectivity index (χ3n) is 3.94. The van der Waals surface area contributed by atoms with Crippen LogP contribution in [-0.4, -0.2) is 31.4 Å². The molecule has 1 fully saturated rings. The summed E-state index contributed by atoms with van der Waals surface area (Å²) in [6, 6.07) is 5.34. The van der Waals surface area contributed by atoms with Crippen molar-refractivity contribution in [2.75, 3.05) is 25.0 Å². The highest BCUT2D eigenvalue weighted by atomic mass is 16.2. The molecule has 1 aromatic carbocycles. The smallest absolute Gasteiger partial charge is 0.251 e. The van der Waals surface area contributed by atoms with Crippen LogP contribution in [0.3, 0.4) is 0 Å². The molecule has 0 aliphatic carbocycles. The lowest BCUT2D eigenvalue weighted by Gasteiger charge is -2.16. The Bertz CT molecular complexity index is 542. The number of rotatable bonds is 4. The molecule has 0 aromatic heterocycles. The molecule has 0 saturated carbocycles. The number of amides is 2. The van der Waals surface area contributed by atoms with E-state index in [1.807, 2.05) is 13.8 Å². The summed E-state index contributed by atoms with van der Waals surface area (Å²) in [6.07, 6.45) is 0. The molecule has 1 aromatic rings. The predicted octanol–water partition coefficient (Wildman–Crippen LogP) is 1.54. The summed E-state index contributed by atoms with van der Waals surface area (Å²) in [5.74, 6) is 0.306. The molecule has 2 rings (SSSR count). The van der Waals surface area contributed by atoms with E-state index in [0.717, 1.165) is 24.3 Å². The molecular formula is C16H23N3O2. The van der Waals surface area contributed by atoms with Crippen molar-refractivity contribution in [2.24, 2.45) is 11.8 Å². The Morgan fingerprint density at radius 3 is 2.67 bits per heavy atom. The normalized spacial score (nSPS) is 21.1. The molecule has 0 spiro atoms. The van der Waals surface area contributed by atoms with E-state index in [0.29, 0.717) is 18.0 Å². The average Bonchev–Trinajstić information content (AvgIpc) is 2.87. The van der Waals surface area contributed by atoms with Crippen molar-refractivity contribution in [1.82, 2.24) is 10.6 Å². The molecule has 1 aliphatic heterocycles. The maximum atomic E-state index is 12.3. The van der Waals surface area contributed by atoms with Gasteiger partial charge >= 0.3 is 0 Å². The standard InChI is InChI=1S/C16H23N3O2/c1-4-18-15(20)12-5-6-14(10(2)7-12)19-16(21)13-9-17-8-11(13)3/h5-7,11,13,17H,4,8-9H2,1-3H3,(H,18,20)(H,19,21)/t11-,13-/m1/s1. The Morgan fingerprint density at radius 1 is 1.33 bits per heavy atom. The van der Waals surface area contributed by atoms with E-state index in [2.05, 4.69) is 22.9 Å². The number of anilines is 1. The van der Waals surface area contributed by atoms with E-state index in [9.17, 15) is 9.59 Å². The zero-order valence-electron chi connectivity index (χ0n) is 12.8. The second-order valence-corrected chi connectivity index (χ2v) is 5.62. The number of benzene rings is 1. The molecule has 0 bridgehead atoms. The van der Waals surface area contributed by atoms with Crippen LogP contribution in [0, 0.1) is 18.8 Å². The Kier molecular flexibility index (Phi) is 4.96. The molecular weight excluding hydrogens is 266 g/mol. The number of carbonyl (C=O) groups excluding carboxylic acids is 2. The summed E-state index contributed by atoms with van der Waals surface area (Å²) in [5.41, 5.74) is 2.28. The van der Waals surface area contributed by atoms with Gasteiger partial charge in [-0.1, -0.05) is 6.92 Å². The lowest BCUT2D eigenvalue weighted by Crippen LogP contribution is -2.28. The molecule has 5 nitrogen and oxygen atoms in total. The van der Waals surface area contributed by atoms with E-state index in [1.165, 1.54) is 0 Å². The SMILES string of the molecule is CCNC(=O)c1ccc(NC(=O)[C@@H]2CNC[C@H]2C)c(C)c1. The quantitative estimate of drug-likeness (QED) is 0.787. The first kappa shape index (κ1) is 15.5. The van der Waals surface area contributed by atoms with Crippen molar-refractivity contribution in [3.05, 3.63) is 29.3 Å². The first-order valence-corrected chi connectivity index (χ1v) is 7.43. The topological polar surface area (TPSA) is 70.2 Å². The maximum Gasteiger partial charge on any atom is 0.251 e. The van der Waals surface area contributed by atoms with Crippen LogP contribution < -0.4 is 16.0 Å². The van der Waals surface area contributed by atoms with Gasteiger partial charge in [0.1, 0.15) is 0 Å². The molecule has 5 heteroatoms. The van der Waals surface area contributed by atoms with E-state index >= 15 is 0 Å². The largest absolute Gasteiger partial charge is 0.352 e. The van der Waals surface area contributed by atoms with Gasteiger partial charge in [0.25, 0.3) is 5.91 Å². The minimum absolute atomic E-state index is 0.00691.